The summed E-state index contributed by atoms with van der Waals surface area (Å²) >= 11 is 0. The van der Waals surface area contributed by atoms with Crippen LogP contribution in [0.5, 0.6) is 0 Å². The molecule has 22 heavy (non-hydrogen) atoms. The molecule has 8 heteroatoms. The van der Waals surface area contributed by atoms with E-state index in [0.29, 0.717) is 12.1 Å². The SMILES string of the molecule is CCOC(=O)/C=C1/C(CC)N(C(=O)OCC)N1C(=O)OCC. The molecule has 124 valence electrons. The van der Waals surface area contributed by atoms with E-state index in [0.717, 1.165) is 10.0 Å². The van der Waals surface area contributed by atoms with E-state index in [4.69, 9.17) is 14.2 Å². The summed E-state index contributed by atoms with van der Waals surface area (Å²) in [6, 6.07) is -0.437. The Kier molecular flexibility index (Phi) is 6.68. The fraction of sp³-hybridized carbons (Fsp3) is 0.643. The van der Waals surface area contributed by atoms with Gasteiger partial charge in [0.05, 0.1) is 31.6 Å². The second-order valence-electron chi connectivity index (χ2n) is 4.30. The van der Waals surface area contributed by atoms with Crippen LogP contribution in [0.15, 0.2) is 11.8 Å². The minimum Gasteiger partial charge on any atom is -0.463 e. The fourth-order valence-electron chi connectivity index (χ4n) is 2.09. The second-order valence-corrected chi connectivity index (χ2v) is 4.30. The summed E-state index contributed by atoms with van der Waals surface area (Å²) in [5.41, 5.74) is 0.354. The molecule has 0 aromatic heterocycles. The highest BCUT2D eigenvalue weighted by molar-refractivity contribution is 5.87. The number of carbonyl (C=O) groups excluding carboxylic acids is 3. The van der Waals surface area contributed by atoms with E-state index >= 15 is 0 Å². The average Bonchev–Trinajstić information content (AvgIpc) is 2.44. The molecule has 0 spiro atoms. The van der Waals surface area contributed by atoms with Crippen molar-refractivity contribution >= 4 is 18.2 Å². The summed E-state index contributed by atoms with van der Waals surface area (Å²) in [4.78, 5) is 35.6. The lowest BCUT2D eigenvalue weighted by Crippen LogP contribution is -2.66. The van der Waals surface area contributed by atoms with E-state index < -0.39 is 24.2 Å². The monoisotopic (exact) mass is 314 g/mol. The lowest BCUT2D eigenvalue weighted by molar-refractivity contribution is -0.138. The Balaban J connectivity index is 3.04. The van der Waals surface area contributed by atoms with Gasteiger partial charge in [0.25, 0.3) is 0 Å². The number of hydrogen-bond acceptors (Lipinski definition) is 6. The minimum atomic E-state index is -0.740. The topological polar surface area (TPSA) is 85.4 Å². The van der Waals surface area contributed by atoms with Gasteiger partial charge in [0.2, 0.25) is 0 Å². The van der Waals surface area contributed by atoms with Crippen LogP contribution in [0, 0.1) is 0 Å². The summed E-state index contributed by atoms with van der Waals surface area (Å²) in [5.74, 6) is -0.575. The molecule has 1 aliphatic rings. The Morgan fingerprint density at radius 3 is 2.00 bits per heavy atom. The second kappa shape index (κ2) is 8.26. The van der Waals surface area contributed by atoms with Gasteiger partial charge in [0.1, 0.15) is 0 Å². The van der Waals surface area contributed by atoms with Gasteiger partial charge < -0.3 is 14.2 Å². The summed E-state index contributed by atoms with van der Waals surface area (Å²) in [6.07, 6.45) is 0.309. The molecule has 0 aromatic carbocycles. The highest BCUT2D eigenvalue weighted by atomic mass is 16.6. The molecular formula is C14H22N2O6. The van der Waals surface area contributed by atoms with Crippen molar-refractivity contribution in [1.82, 2.24) is 10.0 Å². The van der Waals surface area contributed by atoms with Crippen LogP contribution in [0.4, 0.5) is 9.59 Å². The van der Waals surface area contributed by atoms with E-state index in [-0.39, 0.29) is 19.8 Å². The zero-order valence-corrected chi connectivity index (χ0v) is 13.3. The number of amides is 2. The number of ether oxygens (including phenoxy) is 3. The molecule has 8 nitrogen and oxygen atoms in total. The van der Waals surface area contributed by atoms with Gasteiger partial charge >= 0.3 is 18.2 Å². The molecule has 1 rings (SSSR count). The van der Waals surface area contributed by atoms with E-state index in [9.17, 15) is 14.4 Å². The maximum Gasteiger partial charge on any atom is 0.433 e. The van der Waals surface area contributed by atoms with Crippen molar-refractivity contribution < 1.29 is 28.6 Å². The van der Waals surface area contributed by atoms with E-state index in [1.54, 1.807) is 20.8 Å². The van der Waals surface area contributed by atoms with Gasteiger partial charge in [-0.3, -0.25) is 0 Å². The van der Waals surface area contributed by atoms with Gasteiger partial charge in [-0.05, 0) is 27.2 Å². The van der Waals surface area contributed by atoms with Crippen molar-refractivity contribution in [1.29, 1.82) is 0 Å². The zero-order valence-electron chi connectivity index (χ0n) is 13.3. The number of esters is 1. The first kappa shape index (κ1) is 17.8. The van der Waals surface area contributed by atoms with Crippen LogP contribution in [-0.2, 0) is 19.0 Å². The lowest BCUT2D eigenvalue weighted by Gasteiger charge is -2.49. The highest BCUT2D eigenvalue weighted by Crippen LogP contribution is 2.34. The minimum absolute atomic E-state index is 0.148. The molecule has 0 aliphatic carbocycles. The van der Waals surface area contributed by atoms with Gasteiger partial charge in [0, 0.05) is 6.08 Å². The molecule has 1 saturated heterocycles. The van der Waals surface area contributed by atoms with Gasteiger partial charge in [-0.15, -0.1) is 0 Å². The van der Waals surface area contributed by atoms with Crippen LogP contribution in [0.25, 0.3) is 0 Å². The third-order valence-electron chi connectivity index (χ3n) is 2.93. The van der Waals surface area contributed by atoms with Crippen LogP contribution in [0.1, 0.15) is 34.1 Å². The quantitative estimate of drug-likeness (QED) is 0.438. The first-order valence-corrected chi connectivity index (χ1v) is 7.32. The fourth-order valence-corrected chi connectivity index (χ4v) is 2.09. The molecule has 1 atom stereocenters. The first-order valence-electron chi connectivity index (χ1n) is 7.32. The first-order chi connectivity index (χ1) is 10.5. The summed E-state index contributed by atoms with van der Waals surface area (Å²) in [5, 5.41) is 2.15. The summed E-state index contributed by atoms with van der Waals surface area (Å²) in [7, 11) is 0. The number of hydrazine groups is 1. The van der Waals surface area contributed by atoms with E-state index in [1.807, 2.05) is 6.92 Å². The third-order valence-corrected chi connectivity index (χ3v) is 2.93. The van der Waals surface area contributed by atoms with Crippen LogP contribution < -0.4 is 0 Å². The number of hydrogen-bond donors (Lipinski definition) is 0. The molecule has 0 saturated carbocycles. The van der Waals surface area contributed by atoms with Crippen molar-refractivity contribution in [2.45, 2.75) is 40.2 Å². The predicted octanol–water partition coefficient (Wildman–Crippen LogP) is 2.06. The largest absolute Gasteiger partial charge is 0.463 e. The summed E-state index contributed by atoms with van der Waals surface area (Å²) < 4.78 is 14.7. The Morgan fingerprint density at radius 2 is 1.50 bits per heavy atom. The maximum atomic E-state index is 12.0. The smallest absolute Gasteiger partial charge is 0.433 e. The molecule has 1 heterocycles. The molecule has 1 unspecified atom stereocenters. The van der Waals surface area contributed by atoms with Crippen molar-refractivity contribution in [3.05, 3.63) is 11.8 Å². The van der Waals surface area contributed by atoms with Crippen molar-refractivity contribution in [3.63, 3.8) is 0 Å². The third kappa shape index (κ3) is 3.69. The number of rotatable bonds is 5. The maximum absolute atomic E-state index is 12.0. The number of carbonyl (C=O) groups is 3. The van der Waals surface area contributed by atoms with Gasteiger partial charge in [-0.25, -0.2) is 14.4 Å². The van der Waals surface area contributed by atoms with Gasteiger partial charge in [0.15, 0.2) is 0 Å². The van der Waals surface area contributed by atoms with Crippen LogP contribution in [0.2, 0.25) is 0 Å². The van der Waals surface area contributed by atoms with Crippen LogP contribution in [0.3, 0.4) is 0 Å². The van der Waals surface area contributed by atoms with Crippen molar-refractivity contribution in [2.24, 2.45) is 0 Å². The molecule has 1 fully saturated rings. The molecule has 0 aromatic rings. The highest BCUT2D eigenvalue weighted by Gasteiger charge is 2.49. The molecule has 0 bridgehead atoms. The van der Waals surface area contributed by atoms with Crippen LogP contribution >= 0.6 is 0 Å². The predicted molar refractivity (Wildman–Crippen MR) is 76.5 cm³/mol. The Labute approximate surface area is 129 Å². The molecule has 0 radical (unpaired) electrons. The van der Waals surface area contributed by atoms with Crippen molar-refractivity contribution in [2.75, 3.05) is 19.8 Å². The standard InChI is InChI=1S/C14H22N2O6/c1-5-10-11(9-12(17)20-6-2)16(14(19)22-8-4)15(10)13(18)21-7-3/h9-10H,5-8H2,1-4H3/b11-9-. The zero-order chi connectivity index (χ0) is 16.7. The average molecular weight is 314 g/mol. The Bertz CT molecular complexity index is 462. The molecule has 2 amide bonds. The molecular weight excluding hydrogens is 292 g/mol. The van der Waals surface area contributed by atoms with Crippen molar-refractivity contribution in [3.8, 4) is 0 Å². The van der Waals surface area contributed by atoms with Gasteiger partial charge in [-0.2, -0.15) is 10.0 Å². The van der Waals surface area contributed by atoms with Crippen LogP contribution in [-0.4, -0.2) is 54.0 Å². The van der Waals surface area contributed by atoms with E-state index in [2.05, 4.69) is 0 Å². The molecule has 0 N–H and O–H groups in total. The lowest BCUT2D eigenvalue weighted by atomic mass is 10.1. The summed E-state index contributed by atoms with van der Waals surface area (Å²) in [6.45, 7) is 7.39. The van der Waals surface area contributed by atoms with Gasteiger partial charge in [-0.1, -0.05) is 6.92 Å². The molecule has 1 aliphatic heterocycles. The van der Waals surface area contributed by atoms with E-state index in [1.165, 1.54) is 6.08 Å². The Hall–Kier alpha value is -2.25. The normalized spacial score (nSPS) is 18.7. The Morgan fingerprint density at radius 1 is 0.955 bits per heavy atom. The number of nitrogens with zero attached hydrogens (tertiary/aromatic N) is 2.